The summed E-state index contributed by atoms with van der Waals surface area (Å²) >= 11 is 0. The van der Waals surface area contributed by atoms with Gasteiger partial charge in [-0.15, -0.1) is 0 Å². The first-order valence-corrected chi connectivity index (χ1v) is 11.8. The lowest BCUT2D eigenvalue weighted by Crippen LogP contribution is -2.57. The molecule has 1 N–H and O–H groups in total. The molecule has 2 aliphatic rings. The lowest BCUT2D eigenvalue weighted by Gasteiger charge is -2.43. The number of piperidine rings is 1. The molecule has 34 heavy (non-hydrogen) atoms. The highest BCUT2D eigenvalue weighted by molar-refractivity contribution is 5.99. The lowest BCUT2D eigenvalue weighted by molar-refractivity contribution is -0.139. The lowest BCUT2D eigenvalue weighted by atomic mass is 9.85. The Morgan fingerprint density at radius 2 is 1.79 bits per heavy atom. The smallest absolute Gasteiger partial charge is 0.250 e. The summed E-state index contributed by atoms with van der Waals surface area (Å²) in [7, 11) is 1.57. The van der Waals surface area contributed by atoms with Crippen molar-refractivity contribution in [1.29, 1.82) is 0 Å². The molecule has 2 aromatic carbocycles. The first-order valence-electron chi connectivity index (χ1n) is 11.8. The highest BCUT2D eigenvalue weighted by atomic mass is 16.5. The summed E-state index contributed by atoms with van der Waals surface area (Å²) in [5.41, 5.74) is 0.814. The zero-order valence-corrected chi connectivity index (χ0v) is 19.8. The van der Waals surface area contributed by atoms with Crippen LogP contribution in [0, 0.1) is 0 Å². The molecule has 1 spiro atoms. The van der Waals surface area contributed by atoms with Crippen molar-refractivity contribution in [2.45, 2.75) is 38.1 Å². The number of ether oxygens (including phenoxy) is 1. The van der Waals surface area contributed by atoms with Crippen molar-refractivity contribution in [3.63, 3.8) is 0 Å². The van der Waals surface area contributed by atoms with Crippen LogP contribution in [0.1, 0.15) is 32.6 Å². The molecule has 0 aliphatic carbocycles. The van der Waals surface area contributed by atoms with Crippen LogP contribution in [0.25, 0.3) is 0 Å². The topological polar surface area (TPSA) is 82.2 Å². The van der Waals surface area contributed by atoms with E-state index in [1.54, 1.807) is 36.3 Å². The Morgan fingerprint density at radius 1 is 1.06 bits per heavy atom. The number of nitrogens with one attached hydrogen (secondary N) is 1. The Labute approximate surface area is 200 Å². The second-order valence-corrected chi connectivity index (χ2v) is 8.85. The summed E-state index contributed by atoms with van der Waals surface area (Å²) in [5, 5.41) is 2.86. The van der Waals surface area contributed by atoms with Crippen molar-refractivity contribution < 1.29 is 19.1 Å². The van der Waals surface area contributed by atoms with Crippen LogP contribution in [-0.4, -0.2) is 66.5 Å². The van der Waals surface area contributed by atoms with Crippen LogP contribution in [0.15, 0.2) is 54.6 Å². The molecule has 0 radical (unpaired) electrons. The van der Waals surface area contributed by atoms with Gasteiger partial charge in [-0.05, 0) is 43.5 Å². The van der Waals surface area contributed by atoms with Gasteiger partial charge in [0.25, 0.3) is 5.91 Å². The van der Waals surface area contributed by atoms with Crippen molar-refractivity contribution in [3.8, 4) is 5.75 Å². The van der Waals surface area contributed by atoms with Gasteiger partial charge in [0, 0.05) is 37.0 Å². The van der Waals surface area contributed by atoms with Gasteiger partial charge in [0.2, 0.25) is 11.8 Å². The van der Waals surface area contributed by atoms with E-state index in [9.17, 15) is 14.4 Å². The van der Waals surface area contributed by atoms with Crippen LogP contribution < -0.4 is 15.0 Å². The quantitative estimate of drug-likeness (QED) is 0.681. The summed E-state index contributed by atoms with van der Waals surface area (Å²) in [4.78, 5) is 44.6. The standard InChI is InChI=1S/C26H32N4O4/c1-3-8-24(32)28-15-13-26(14-16-28)25(33)29(19-30(26)21-10-5-4-6-11-21)18-23(31)27-20-9-7-12-22(17-20)34-2/h4-7,9-12,17H,3,8,13-16,18-19H2,1-2H3,(H,27,31). The molecule has 2 aromatic rings. The maximum atomic E-state index is 13.7. The molecule has 0 atom stereocenters. The number of hydrogen-bond acceptors (Lipinski definition) is 5. The number of carbonyl (C=O) groups excluding carboxylic acids is 3. The molecule has 8 nitrogen and oxygen atoms in total. The van der Waals surface area contributed by atoms with E-state index in [2.05, 4.69) is 10.2 Å². The van der Waals surface area contributed by atoms with E-state index in [0.717, 1.165) is 12.1 Å². The average molecular weight is 465 g/mol. The van der Waals surface area contributed by atoms with Gasteiger partial charge in [0.1, 0.15) is 17.8 Å². The molecule has 0 unspecified atom stereocenters. The summed E-state index contributed by atoms with van der Waals surface area (Å²) in [6, 6.07) is 17.0. The molecule has 2 fully saturated rings. The van der Waals surface area contributed by atoms with Crippen LogP contribution in [0.4, 0.5) is 11.4 Å². The zero-order valence-electron chi connectivity index (χ0n) is 19.8. The predicted molar refractivity (Wildman–Crippen MR) is 131 cm³/mol. The van der Waals surface area contributed by atoms with E-state index in [0.29, 0.717) is 50.5 Å². The highest BCUT2D eigenvalue weighted by Gasteiger charge is 2.54. The number of likely N-dealkylation sites (tertiary alicyclic amines) is 1. The molecule has 3 amide bonds. The van der Waals surface area contributed by atoms with Crippen LogP contribution in [0.2, 0.25) is 0 Å². The monoisotopic (exact) mass is 464 g/mol. The molecule has 0 aromatic heterocycles. The van der Waals surface area contributed by atoms with E-state index in [4.69, 9.17) is 4.74 Å². The maximum Gasteiger partial charge on any atom is 0.250 e. The minimum atomic E-state index is -0.749. The van der Waals surface area contributed by atoms with Gasteiger partial charge in [-0.2, -0.15) is 0 Å². The predicted octanol–water partition coefficient (Wildman–Crippen LogP) is 3.10. The number of benzene rings is 2. The molecular formula is C26H32N4O4. The number of carbonyl (C=O) groups is 3. The summed E-state index contributed by atoms with van der Waals surface area (Å²) in [6.07, 6.45) is 2.43. The van der Waals surface area contributed by atoms with E-state index >= 15 is 0 Å². The molecule has 8 heteroatoms. The second-order valence-electron chi connectivity index (χ2n) is 8.85. The number of amides is 3. The fourth-order valence-electron chi connectivity index (χ4n) is 4.90. The normalized spacial score (nSPS) is 17.2. The van der Waals surface area contributed by atoms with Gasteiger partial charge in [-0.25, -0.2) is 0 Å². The summed E-state index contributed by atoms with van der Waals surface area (Å²) in [5.74, 6) is 0.471. The first kappa shape index (κ1) is 23.6. The number of methoxy groups -OCH3 is 1. The molecule has 2 saturated heterocycles. The van der Waals surface area contributed by atoms with Crippen molar-refractivity contribution >= 4 is 29.1 Å². The van der Waals surface area contributed by atoms with Crippen molar-refractivity contribution in [2.75, 3.05) is 43.6 Å². The van der Waals surface area contributed by atoms with E-state index < -0.39 is 5.54 Å². The minimum Gasteiger partial charge on any atom is -0.497 e. The average Bonchev–Trinajstić information content (AvgIpc) is 3.11. The van der Waals surface area contributed by atoms with Gasteiger partial charge < -0.3 is 24.8 Å². The largest absolute Gasteiger partial charge is 0.497 e. The van der Waals surface area contributed by atoms with Gasteiger partial charge in [-0.3, -0.25) is 14.4 Å². The SMILES string of the molecule is CCCC(=O)N1CCC2(CC1)C(=O)N(CC(=O)Nc1cccc(OC)c1)CN2c1ccccc1. The third kappa shape index (κ3) is 4.71. The number of nitrogens with zero attached hydrogens (tertiary/aromatic N) is 3. The van der Waals surface area contributed by atoms with E-state index in [1.807, 2.05) is 42.2 Å². The summed E-state index contributed by atoms with van der Waals surface area (Å²) < 4.78 is 5.22. The minimum absolute atomic E-state index is 0.0421. The van der Waals surface area contributed by atoms with Crippen molar-refractivity contribution in [2.24, 2.45) is 0 Å². The number of hydrogen-bond donors (Lipinski definition) is 1. The zero-order chi connectivity index (χ0) is 24.1. The van der Waals surface area contributed by atoms with Gasteiger partial charge in [0.15, 0.2) is 0 Å². The summed E-state index contributed by atoms with van der Waals surface area (Å²) in [6.45, 7) is 3.36. The van der Waals surface area contributed by atoms with E-state index in [-0.39, 0.29) is 24.3 Å². The second kappa shape index (κ2) is 10.2. The molecule has 0 saturated carbocycles. The molecule has 0 bridgehead atoms. The molecule has 180 valence electrons. The number of anilines is 2. The van der Waals surface area contributed by atoms with E-state index in [1.165, 1.54) is 0 Å². The molecule has 4 rings (SSSR count). The Kier molecular flexibility index (Phi) is 7.05. The maximum absolute atomic E-state index is 13.7. The Morgan fingerprint density at radius 3 is 2.47 bits per heavy atom. The van der Waals surface area contributed by atoms with Crippen LogP contribution in [0.5, 0.6) is 5.75 Å². The third-order valence-electron chi connectivity index (χ3n) is 6.68. The van der Waals surface area contributed by atoms with Crippen molar-refractivity contribution in [1.82, 2.24) is 9.80 Å². The Hall–Kier alpha value is -3.55. The van der Waals surface area contributed by atoms with Crippen LogP contribution in [0.3, 0.4) is 0 Å². The van der Waals surface area contributed by atoms with Gasteiger partial charge >= 0.3 is 0 Å². The fraction of sp³-hybridized carbons (Fsp3) is 0.423. The molecule has 2 aliphatic heterocycles. The first-order chi connectivity index (χ1) is 16.5. The van der Waals surface area contributed by atoms with Crippen LogP contribution >= 0.6 is 0 Å². The Bertz CT molecular complexity index is 1030. The fourth-order valence-corrected chi connectivity index (χ4v) is 4.90. The van der Waals surface area contributed by atoms with Gasteiger partial charge in [-0.1, -0.05) is 31.2 Å². The van der Waals surface area contributed by atoms with Crippen molar-refractivity contribution in [3.05, 3.63) is 54.6 Å². The highest BCUT2D eigenvalue weighted by Crippen LogP contribution is 2.39. The third-order valence-corrected chi connectivity index (χ3v) is 6.68. The van der Waals surface area contributed by atoms with Crippen LogP contribution in [-0.2, 0) is 14.4 Å². The Balaban J connectivity index is 1.51. The molecule has 2 heterocycles. The number of rotatable bonds is 7. The van der Waals surface area contributed by atoms with Gasteiger partial charge in [0.05, 0.1) is 13.8 Å². The number of para-hydroxylation sites is 1. The molecular weight excluding hydrogens is 432 g/mol.